The molecule has 2 aliphatic rings. The third-order valence-corrected chi connectivity index (χ3v) is 5.66. The van der Waals surface area contributed by atoms with Gasteiger partial charge in [-0.05, 0) is 42.8 Å². The number of carbonyl (C=O) groups is 3. The van der Waals surface area contributed by atoms with Gasteiger partial charge in [0.2, 0.25) is 5.91 Å². The number of hydrogen-bond acceptors (Lipinski definition) is 7. The van der Waals surface area contributed by atoms with E-state index in [1.165, 1.54) is 12.1 Å². The molecule has 0 radical (unpaired) electrons. The molecular weight excluding hydrogens is 445 g/mol. The van der Waals surface area contributed by atoms with E-state index >= 15 is 0 Å². The Morgan fingerprint density at radius 1 is 1.16 bits per heavy atom. The van der Waals surface area contributed by atoms with Crippen molar-refractivity contribution in [2.45, 2.75) is 19.0 Å². The van der Waals surface area contributed by atoms with Gasteiger partial charge in [-0.25, -0.2) is 4.90 Å². The number of aryl methyl sites for hydroxylation is 1. The van der Waals surface area contributed by atoms with Crippen LogP contribution in [0.3, 0.4) is 0 Å². The zero-order valence-electron chi connectivity index (χ0n) is 16.5. The van der Waals surface area contributed by atoms with Crippen molar-refractivity contribution < 1.29 is 19.1 Å². The predicted molar refractivity (Wildman–Crippen MR) is 114 cm³/mol. The summed E-state index contributed by atoms with van der Waals surface area (Å²) in [6.45, 7) is 1.53. The molecule has 2 atom stereocenters. The number of benzene rings is 2. The third kappa shape index (κ3) is 3.82. The average Bonchev–Trinajstić information content (AvgIpc) is 3.24. The number of anilines is 2. The highest BCUT2D eigenvalue weighted by molar-refractivity contribution is 6.32. The van der Waals surface area contributed by atoms with E-state index in [0.29, 0.717) is 27.2 Å². The molecule has 0 saturated carbocycles. The fourth-order valence-electron chi connectivity index (χ4n) is 3.44. The molecule has 3 amide bonds. The zero-order chi connectivity index (χ0) is 22.3. The summed E-state index contributed by atoms with van der Waals surface area (Å²) in [6.07, 6.45) is 0. The highest BCUT2D eigenvalue weighted by atomic mass is 35.5. The van der Waals surface area contributed by atoms with E-state index < -0.39 is 29.8 Å². The Labute approximate surface area is 187 Å². The molecule has 0 unspecified atom stereocenters. The number of hydrogen-bond donors (Lipinski definition) is 1. The van der Waals surface area contributed by atoms with E-state index in [2.05, 4.69) is 15.7 Å². The molecule has 1 saturated heterocycles. The Balaban J connectivity index is 1.51. The van der Waals surface area contributed by atoms with Crippen molar-refractivity contribution in [2.24, 2.45) is 10.3 Å². The number of ether oxygens (including phenoxy) is 1. The van der Waals surface area contributed by atoms with Gasteiger partial charge in [-0.15, -0.1) is 0 Å². The van der Waals surface area contributed by atoms with Crippen LogP contribution >= 0.6 is 23.2 Å². The molecule has 160 valence electrons. The van der Waals surface area contributed by atoms with E-state index in [1.54, 1.807) is 36.4 Å². The second-order valence-electron chi connectivity index (χ2n) is 7.03. The second-order valence-corrected chi connectivity index (χ2v) is 7.87. The molecule has 4 rings (SSSR count). The molecule has 0 bridgehead atoms. The van der Waals surface area contributed by atoms with Crippen LogP contribution in [-0.2, 0) is 14.4 Å². The number of nitrogens with zero attached hydrogens (tertiary/aromatic N) is 4. The van der Waals surface area contributed by atoms with Crippen LogP contribution in [0.25, 0.3) is 0 Å². The number of fused-ring (bicyclic) bond motifs is 1. The van der Waals surface area contributed by atoms with Gasteiger partial charge in [0, 0.05) is 10.0 Å². The average molecular weight is 462 g/mol. The Hall–Kier alpha value is -3.17. The SMILES string of the molecule is COc1ccc(Cl)cc1NC(=O)CN1N=N[C@@H]2C(=O)N(c3ccc(C)c(Cl)c3)C(=O)[C@@H]21. The molecule has 1 N–H and O–H groups in total. The van der Waals surface area contributed by atoms with E-state index in [4.69, 9.17) is 27.9 Å². The molecule has 31 heavy (non-hydrogen) atoms. The number of rotatable bonds is 5. The maximum absolute atomic E-state index is 13.0. The Morgan fingerprint density at radius 2 is 1.94 bits per heavy atom. The standard InChI is InChI=1S/C20H17Cl2N5O4/c1-10-3-5-12(8-13(10)22)27-19(29)17-18(20(27)30)26(25-24-17)9-16(28)23-14-7-11(21)4-6-15(14)31-2/h3-8,17-18H,9H2,1-2H3,(H,23,28)/t17-,18+/m0/s1. The summed E-state index contributed by atoms with van der Waals surface area (Å²) in [5.41, 5.74) is 1.54. The molecule has 2 aromatic rings. The lowest BCUT2D eigenvalue weighted by Crippen LogP contribution is -2.43. The normalized spacial score (nSPS) is 19.7. The maximum Gasteiger partial charge on any atom is 0.263 e. The molecule has 2 aliphatic heterocycles. The van der Waals surface area contributed by atoms with Crippen LogP contribution in [0.5, 0.6) is 5.75 Å². The van der Waals surface area contributed by atoms with E-state index in [-0.39, 0.29) is 6.54 Å². The van der Waals surface area contributed by atoms with Crippen LogP contribution in [-0.4, -0.2) is 48.5 Å². The van der Waals surface area contributed by atoms with Gasteiger partial charge < -0.3 is 10.1 Å². The van der Waals surface area contributed by atoms with Gasteiger partial charge in [-0.3, -0.25) is 19.4 Å². The molecule has 0 spiro atoms. The van der Waals surface area contributed by atoms with Gasteiger partial charge >= 0.3 is 0 Å². The molecule has 1 fully saturated rings. The van der Waals surface area contributed by atoms with Crippen LogP contribution < -0.4 is 15.0 Å². The van der Waals surface area contributed by atoms with Crippen molar-refractivity contribution in [3.05, 3.63) is 52.0 Å². The molecule has 0 aromatic heterocycles. The maximum atomic E-state index is 13.0. The number of halogens is 2. The first-order valence-corrected chi connectivity index (χ1v) is 10.0. The highest BCUT2D eigenvalue weighted by Crippen LogP contribution is 2.34. The molecular formula is C20H17Cl2N5O4. The van der Waals surface area contributed by atoms with Gasteiger partial charge in [-0.1, -0.05) is 34.5 Å². The van der Waals surface area contributed by atoms with Crippen molar-refractivity contribution in [2.75, 3.05) is 23.9 Å². The minimum atomic E-state index is -1.01. The van der Waals surface area contributed by atoms with Crippen LogP contribution in [0, 0.1) is 6.92 Å². The van der Waals surface area contributed by atoms with E-state index in [1.807, 2.05) is 6.92 Å². The minimum Gasteiger partial charge on any atom is -0.495 e. The van der Waals surface area contributed by atoms with Gasteiger partial charge in [0.25, 0.3) is 11.8 Å². The van der Waals surface area contributed by atoms with Crippen LogP contribution in [0.4, 0.5) is 11.4 Å². The number of imide groups is 1. The lowest BCUT2D eigenvalue weighted by atomic mass is 10.1. The first-order valence-electron chi connectivity index (χ1n) is 9.25. The van der Waals surface area contributed by atoms with E-state index in [9.17, 15) is 14.4 Å². The first-order chi connectivity index (χ1) is 14.8. The fraction of sp³-hybridized carbons (Fsp3) is 0.250. The summed E-state index contributed by atoms with van der Waals surface area (Å²) in [7, 11) is 1.47. The van der Waals surface area contributed by atoms with Gasteiger partial charge in [0.1, 0.15) is 12.3 Å². The number of amides is 3. The Morgan fingerprint density at radius 3 is 2.65 bits per heavy atom. The number of nitrogens with one attached hydrogen (secondary N) is 1. The van der Waals surface area contributed by atoms with Crippen molar-refractivity contribution >= 4 is 52.3 Å². The van der Waals surface area contributed by atoms with Crippen molar-refractivity contribution in [3.63, 3.8) is 0 Å². The van der Waals surface area contributed by atoms with Crippen molar-refractivity contribution in [1.82, 2.24) is 5.01 Å². The van der Waals surface area contributed by atoms with Gasteiger partial charge in [-0.2, -0.15) is 5.11 Å². The molecule has 11 heteroatoms. The Kier molecular flexibility index (Phi) is 5.55. The predicted octanol–water partition coefficient (Wildman–Crippen LogP) is 3.24. The lowest BCUT2D eigenvalue weighted by Gasteiger charge is -2.20. The van der Waals surface area contributed by atoms with Gasteiger partial charge in [0.15, 0.2) is 12.1 Å². The molecule has 9 nitrogen and oxygen atoms in total. The Bertz CT molecular complexity index is 1120. The first kappa shape index (κ1) is 21.1. The molecule has 0 aliphatic carbocycles. The smallest absolute Gasteiger partial charge is 0.263 e. The quantitative estimate of drug-likeness (QED) is 0.688. The molecule has 2 heterocycles. The van der Waals surface area contributed by atoms with Crippen LogP contribution in [0.15, 0.2) is 46.7 Å². The van der Waals surface area contributed by atoms with E-state index in [0.717, 1.165) is 10.5 Å². The summed E-state index contributed by atoms with van der Waals surface area (Å²) in [4.78, 5) is 39.4. The summed E-state index contributed by atoms with van der Waals surface area (Å²) < 4.78 is 5.21. The lowest BCUT2D eigenvalue weighted by molar-refractivity contribution is -0.123. The minimum absolute atomic E-state index is 0.290. The monoisotopic (exact) mass is 461 g/mol. The third-order valence-electron chi connectivity index (χ3n) is 5.01. The highest BCUT2D eigenvalue weighted by Gasteiger charge is 2.55. The summed E-state index contributed by atoms with van der Waals surface area (Å²) in [5.74, 6) is -1.09. The number of carbonyl (C=O) groups excluding carboxylic acids is 3. The number of methoxy groups -OCH3 is 1. The summed E-state index contributed by atoms with van der Waals surface area (Å²) in [6, 6.07) is 7.68. The van der Waals surface area contributed by atoms with Crippen molar-refractivity contribution in [3.8, 4) is 5.75 Å². The van der Waals surface area contributed by atoms with Crippen LogP contribution in [0.2, 0.25) is 10.0 Å². The zero-order valence-corrected chi connectivity index (χ0v) is 18.0. The largest absolute Gasteiger partial charge is 0.495 e. The molecule has 2 aromatic carbocycles. The summed E-state index contributed by atoms with van der Waals surface area (Å²) in [5, 5.41) is 12.5. The van der Waals surface area contributed by atoms with Crippen molar-refractivity contribution in [1.29, 1.82) is 0 Å². The van der Waals surface area contributed by atoms with Gasteiger partial charge in [0.05, 0.1) is 18.5 Å². The summed E-state index contributed by atoms with van der Waals surface area (Å²) >= 11 is 12.1. The topological polar surface area (TPSA) is 104 Å². The fourth-order valence-corrected chi connectivity index (χ4v) is 3.79. The second kappa shape index (κ2) is 8.16. The van der Waals surface area contributed by atoms with Crippen LogP contribution in [0.1, 0.15) is 5.56 Å².